The molecular weight excluding hydrogens is 265 g/mol. The standard InChI is InChI=1S/C17H22FN3/c1-3-11-19-17-14(6-5-12-20-17)13-21(4-2)16-9-7-15(18)8-10-16/h5-10,12H,3-4,11,13H2,1-2H3,(H,19,20). The predicted molar refractivity (Wildman–Crippen MR) is 86.1 cm³/mol. The molecule has 0 bridgehead atoms. The minimum atomic E-state index is -0.207. The van der Waals surface area contributed by atoms with Crippen molar-refractivity contribution >= 4 is 11.5 Å². The first kappa shape index (κ1) is 15.3. The van der Waals surface area contributed by atoms with Crippen LogP contribution in [-0.4, -0.2) is 18.1 Å². The summed E-state index contributed by atoms with van der Waals surface area (Å²) in [4.78, 5) is 6.62. The molecule has 21 heavy (non-hydrogen) atoms. The second-order valence-corrected chi connectivity index (χ2v) is 4.93. The molecule has 0 atom stereocenters. The van der Waals surface area contributed by atoms with Gasteiger partial charge in [-0.05, 0) is 43.7 Å². The van der Waals surface area contributed by atoms with E-state index in [2.05, 4.69) is 35.1 Å². The molecule has 1 aromatic heterocycles. The van der Waals surface area contributed by atoms with Crippen LogP contribution in [0, 0.1) is 5.82 Å². The second-order valence-electron chi connectivity index (χ2n) is 4.93. The number of nitrogens with zero attached hydrogens (tertiary/aromatic N) is 2. The van der Waals surface area contributed by atoms with Crippen molar-refractivity contribution in [2.45, 2.75) is 26.8 Å². The lowest BCUT2D eigenvalue weighted by Gasteiger charge is -2.24. The smallest absolute Gasteiger partial charge is 0.130 e. The largest absolute Gasteiger partial charge is 0.370 e. The lowest BCUT2D eigenvalue weighted by Crippen LogP contribution is -2.23. The van der Waals surface area contributed by atoms with Crippen molar-refractivity contribution < 1.29 is 4.39 Å². The number of aromatic nitrogens is 1. The van der Waals surface area contributed by atoms with Crippen LogP contribution in [0.3, 0.4) is 0 Å². The van der Waals surface area contributed by atoms with Crippen molar-refractivity contribution in [3.8, 4) is 0 Å². The van der Waals surface area contributed by atoms with Gasteiger partial charge in [-0.1, -0.05) is 13.0 Å². The fourth-order valence-corrected chi connectivity index (χ4v) is 2.21. The van der Waals surface area contributed by atoms with Gasteiger partial charge < -0.3 is 10.2 Å². The Kier molecular flexibility index (Phi) is 5.55. The molecule has 2 aromatic rings. The van der Waals surface area contributed by atoms with Crippen molar-refractivity contribution in [3.05, 3.63) is 54.0 Å². The summed E-state index contributed by atoms with van der Waals surface area (Å²) in [5, 5.41) is 3.36. The zero-order chi connectivity index (χ0) is 15.1. The van der Waals surface area contributed by atoms with Gasteiger partial charge in [-0.25, -0.2) is 9.37 Å². The molecule has 2 rings (SSSR count). The van der Waals surface area contributed by atoms with Gasteiger partial charge in [0.25, 0.3) is 0 Å². The molecule has 3 nitrogen and oxygen atoms in total. The summed E-state index contributed by atoms with van der Waals surface area (Å²) >= 11 is 0. The summed E-state index contributed by atoms with van der Waals surface area (Å²) in [5.41, 5.74) is 2.17. The molecule has 0 fully saturated rings. The van der Waals surface area contributed by atoms with Crippen LogP contribution in [0.5, 0.6) is 0 Å². The average molecular weight is 287 g/mol. The molecule has 0 aliphatic heterocycles. The average Bonchev–Trinajstić information content (AvgIpc) is 2.52. The third kappa shape index (κ3) is 4.18. The van der Waals surface area contributed by atoms with E-state index in [1.165, 1.54) is 12.1 Å². The molecular formula is C17H22FN3. The van der Waals surface area contributed by atoms with Crippen molar-refractivity contribution in [1.82, 2.24) is 4.98 Å². The number of rotatable bonds is 7. The van der Waals surface area contributed by atoms with Crippen molar-refractivity contribution in [2.75, 3.05) is 23.3 Å². The molecule has 1 N–H and O–H groups in total. The number of hydrogen-bond acceptors (Lipinski definition) is 3. The highest BCUT2D eigenvalue weighted by atomic mass is 19.1. The Labute approximate surface area is 125 Å². The van der Waals surface area contributed by atoms with E-state index in [1.54, 1.807) is 6.20 Å². The lowest BCUT2D eigenvalue weighted by atomic mass is 10.2. The van der Waals surface area contributed by atoms with Crippen LogP contribution < -0.4 is 10.2 Å². The van der Waals surface area contributed by atoms with Gasteiger partial charge in [0.2, 0.25) is 0 Å². The Bertz CT molecular complexity index is 554. The minimum absolute atomic E-state index is 0.207. The zero-order valence-electron chi connectivity index (χ0n) is 12.6. The van der Waals surface area contributed by atoms with Crippen LogP contribution in [0.25, 0.3) is 0 Å². The summed E-state index contributed by atoms with van der Waals surface area (Å²) in [6, 6.07) is 10.7. The molecule has 0 unspecified atom stereocenters. The third-order valence-electron chi connectivity index (χ3n) is 3.37. The highest BCUT2D eigenvalue weighted by molar-refractivity contribution is 5.50. The maximum Gasteiger partial charge on any atom is 0.130 e. The monoisotopic (exact) mass is 287 g/mol. The van der Waals surface area contributed by atoms with E-state index in [9.17, 15) is 4.39 Å². The number of anilines is 2. The molecule has 0 saturated heterocycles. The molecule has 0 saturated carbocycles. The summed E-state index contributed by atoms with van der Waals surface area (Å²) in [6.45, 7) is 6.74. The van der Waals surface area contributed by atoms with Crippen molar-refractivity contribution in [1.29, 1.82) is 0 Å². The Morgan fingerprint density at radius 3 is 2.57 bits per heavy atom. The maximum atomic E-state index is 13.0. The van der Waals surface area contributed by atoms with Crippen LogP contribution >= 0.6 is 0 Å². The fraction of sp³-hybridized carbons (Fsp3) is 0.353. The Morgan fingerprint density at radius 1 is 1.14 bits per heavy atom. The fourth-order valence-electron chi connectivity index (χ4n) is 2.21. The first-order valence-corrected chi connectivity index (χ1v) is 7.42. The van der Waals surface area contributed by atoms with Crippen LogP contribution in [-0.2, 0) is 6.54 Å². The molecule has 1 heterocycles. The quantitative estimate of drug-likeness (QED) is 0.832. The summed E-state index contributed by atoms with van der Waals surface area (Å²) < 4.78 is 13.0. The van der Waals surface area contributed by atoms with Crippen molar-refractivity contribution in [3.63, 3.8) is 0 Å². The summed E-state index contributed by atoms with van der Waals surface area (Å²) in [5.74, 6) is 0.724. The third-order valence-corrected chi connectivity index (χ3v) is 3.37. The number of benzene rings is 1. The Hall–Kier alpha value is -2.10. The number of hydrogen-bond donors (Lipinski definition) is 1. The summed E-state index contributed by atoms with van der Waals surface area (Å²) in [6.07, 6.45) is 2.86. The molecule has 0 amide bonds. The van der Waals surface area contributed by atoms with Gasteiger partial charge in [-0.15, -0.1) is 0 Å². The van der Waals surface area contributed by atoms with Gasteiger partial charge in [0.15, 0.2) is 0 Å². The van der Waals surface area contributed by atoms with E-state index in [0.717, 1.165) is 43.1 Å². The first-order valence-electron chi connectivity index (χ1n) is 7.42. The van der Waals surface area contributed by atoms with Gasteiger partial charge in [0, 0.05) is 37.1 Å². The topological polar surface area (TPSA) is 28.2 Å². The van der Waals surface area contributed by atoms with Gasteiger partial charge in [-0.3, -0.25) is 0 Å². The molecule has 0 aliphatic rings. The van der Waals surface area contributed by atoms with E-state index < -0.39 is 0 Å². The van der Waals surface area contributed by atoms with Crippen LogP contribution in [0.1, 0.15) is 25.8 Å². The lowest BCUT2D eigenvalue weighted by molar-refractivity contribution is 0.627. The highest BCUT2D eigenvalue weighted by Gasteiger charge is 2.09. The number of halogens is 1. The van der Waals surface area contributed by atoms with Gasteiger partial charge in [0.1, 0.15) is 11.6 Å². The zero-order valence-corrected chi connectivity index (χ0v) is 12.6. The van der Waals surface area contributed by atoms with Gasteiger partial charge in [0.05, 0.1) is 0 Å². The van der Waals surface area contributed by atoms with Crippen molar-refractivity contribution in [2.24, 2.45) is 0 Å². The SMILES string of the molecule is CCCNc1ncccc1CN(CC)c1ccc(F)cc1. The van der Waals surface area contributed by atoms with Gasteiger partial charge >= 0.3 is 0 Å². The van der Waals surface area contributed by atoms with Crippen LogP contribution in [0.2, 0.25) is 0 Å². The Morgan fingerprint density at radius 2 is 1.90 bits per heavy atom. The Balaban J connectivity index is 2.16. The molecule has 0 radical (unpaired) electrons. The van der Waals surface area contributed by atoms with E-state index in [1.807, 2.05) is 18.2 Å². The molecule has 112 valence electrons. The normalized spacial score (nSPS) is 10.4. The molecule has 0 spiro atoms. The maximum absolute atomic E-state index is 13.0. The van der Waals surface area contributed by atoms with Crippen LogP contribution in [0.15, 0.2) is 42.6 Å². The predicted octanol–water partition coefficient (Wildman–Crippen LogP) is 4.07. The first-order chi connectivity index (χ1) is 10.2. The molecule has 4 heteroatoms. The van der Waals surface area contributed by atoms with E-state index in [-0.39, 0.29) is 5.82 Å². The van der Waals surface area contributed by atoms with Crippen LogP contribution in [0.4, 0.5) is 15.9 Å². The molecule has 1 aromatic carbocycles. The number of pyridine rings is 1. The molecule has 0 aliphatic carbocycles. The van der Waals surface area contributed by atoms with E-state index in [0.29, 0.717) is 0 Å². The number of nitrogens with one attached hydrogen (secondary N) is 1. The highest BCUT2D eigenvalue weighted by Crippen LogP contribution is 2.20. The summed E-state index contributed by atoms with van der Waals surface area (Å²) in [7, 11) is 0. The minimum Gasteiger partial charge on any atom is -0.370 e. The van der Waals surface area contributed by atoms with Gasteiger partial charge in [-0.2, -0.15) is 0 Å². The van der Waals surface area contributed by atoms with E-state index in [4.69, 9.17) is 0 Å². The van der Waals surface area contributed by atoms with E-state index >= 15 is 0 Å². The second kappa shape index (κ2) is 7.62.